The first-order valence-electron chi connectivity index (χ1n) is 6.47. The van der Waals surface area contributed by atoms with Crippen LogP contribution >= 0.6 is 27.3 Å². The molecular weight excluding hydrogens is 348 g/mol. The molecule has 0 fully saturated rings. The number of rotatable bonds is 3. The van der Waals surface area contributed by atoms with Crippen molar-refractivity contribution in [3.8, 4) is 0 Å². The third kappa shape index (κ3) is 2.99. The van der Waals surface area contributed by atoms with E-state index in [1.165, 1.54) is 0 Å². The molecule has 2 heterocycles. The van der Waals surface area contributed by atoms with Gasteiger partial charge in [0.1, 0.15) is 0 Å². The lowest BCUT2D eigenvalue weighted by atomic mass is 10.1. The van der Waals surface area contributed by atoms with Crippen LogP contribution in [0.4, 0.5) is 0 Å². The Morgan fingerprint density at radius 3 is 2.95 bits per heavy atom. The minimum Gasteiger partial charge on any atom is -0.337 e. The summed E-state index contributed by atoms with van der Waals surface area (Å²) in [5, 5.41) is 2.95. The van der Waals surface area contributed by atoms with Crippen LogP contribution in [-0.4, -0.2) is 22.8 Å². The van der Waals surface area contributed by atoms with Gasteiger partial charge in [-0.3, -0.25) is 9.78 Å². The van der Waals surface area contributed by atoms with Gasteiger partial charge in [0, 0.05) is 30.7 Å². The predicted molar refractivity (Wildman–Crippen MR) is 89.6 cm³/mol. The van der Waals surface area contributed by atoms with Gasteiger partial charge in [-0.2, -0.15) is 0 Å². The number of benzene rings is 1. The van der Waals surface area contributed by atoms with Crippen molar-refractivity contribution in [2.45, 2.75) is 6.54 Å². The molecule has 0 aliphatic carbocycles. The molecule has 0 radical (unpaired) electrons. The Morgan fingerprint density at radius 1 is 1.33 bits per heavy atom. The van der Waals surface area contributed by atoms with Crippen LogP contribution in [0.3, 0.4) is 0 Å². The van der Waals surface area contributed by atoms with Gasteiger partial charge in [0.05, 0.1) is 9.30 Å². The van der Waals surface area contributed by atoms with Crippen molar-refractivity contribution >= 4 is 44.1 Å². The van der Waals surface area contributed by atoms with Crippen molar-refractivity contribution in [1.29, 1.82) is 0 Å². The number of carbonyl (C=O) groups is 1. The number of halogens is 1. The maximum atomic E-state index is 12.7. The molecule has 0 aliphatic heterocycles. The highest BCUT2D eigenvalue weighted by Gasteiger charge is 2.15. The molecule has 106 valence electrons. The average Bonchev–Trinajstić information content (AvgIpc) is 2.91. The molecule has 0 aliphatic rings. The van der Waals surface area contributed by atoms with Crippen LogP contribution in [0, 0.1) is 0 Å². The fourth-order valence-corrected chi connectivity index (χ4v) is 3.47. The normalized spacial score (nSPS) is 10.8. The first kappa shape index (κ1) is 14.2. The molecular formula is C16H13BrN2OS. The molecule has 1 amide bonds. The Bertz CT molecular complexity index is 794. The quantitative estimate of drug-likeness (QED) is 0.696. The lowest BCUT2D eigenvalue weighted by molar-refractivity contribution is 0.0787. The first-order chi connectivity index (χ1) is 10.1. The van der Waals surface area contributed by atoms with E-state index >= 15 is 0 Å². The molecule has 0 unspecified atom stereocenters. The zero-order valence-electron chi connectivity index (χ0n) is 11.4. The molecule has 0 saturated heterocycles. The standard InChI is InChI=1S/C16H13BrN2OS/c1-19(9-11-8-15(17)21-10-11)16(20)13-4-2-6-14-12(13)5-3-7-18-14/h2-8,10H,9H2,1H3. The molecule has 5 heteroatoms. The number of aromatic nitrogens is 1. The van der Waals surface area contributed by atoms with Crippen molar-refractivity contribution in [2.24, 2.45) is 0 Å². The Balaban J connectivity index is 1.89. The van der Waals surface area contributed by atoms with E-state index in [2.05, 4.69) is 26.3 Å². The fourth-order valence-electron chi connectivity index (χ4n) is 2.27. The molecule has 3 nitrogen and oxygen atoms in total. The van der Waals surface area contributed by atoms with Crippen molar-refractivity contribution < 1.29 is 4.79 Å². The third-order valence-corrected chi connectivity index (χ3v) is 4.82. The van der Waals surface area contributed by atoms with E-state index in [0.717, 1.165) is 20.3 Å². The van der Waals surface area contributed by atoms with E-state index in [9.17, 15) is 4.79 Å². The summed E-state index contributed by atoms with van der Waals surface area (Å²) in [7, 11) is 1.82. The molecule has 0 saturated carbocycles. The number of carbonyl (C=O) groups excluding carboxylic acids is 1. The van der Waals surface area contributed by atoms with Crippen LogP contribution in [0.25, 0.3) is 10.9 Å². The number of fused-ring (bicyclic) bond motifs is 1. The number of hydrogen-bond acceptors (Lipinski definition) is 3. The largest absolute Gasteiger partial charge is 0.337 e. The summed E-state index contributed by atoms with van der Waals surface area (Å²) < 4.78 is 1.08. The van der Waals surface area contributed by atoms with Crippen LogP contribution in [0.5, 0.6) is 0 Å². The second kappa shape index (κ2) is 5.95. The maximum absolute atomic E-state index is 12.7. The highest BCUT2D eigenvalue weighted by atomic mass is 79.9. The van der Waals surface area contributed by atoms with Crippen LogP contribution in [0.2, 0.25) is 0 Å². The summed E-state index contributed by atoms with van der Waals surface area (Å²) in [6.07, 6.45) is 1.74. The number of amides is 1. The molecule has 1 aromatic carbocycles. The van der Waals surface area contributed by atoms with Crippen molar-refractivity contribution in [3.05, 3.63) is 62.9 Å². The zero-order chi connectivity index (χ0) is 14.8. The number of thiophene rings is 1. The van der Waals surface area contributed by atoms with Gasteiger partial charge in [-0.25, -0.2) is 0 Å². The van der Waals surface area contributed by atoms with E-state index < -0.39 is 0 Å². The highest BCUT2D eigenvalue weighted by molar-refractivity contribution is 9.11. The lowest BCUT2D eigenvalue weighted by Gasteiger charge is -2.17. The summed E-state index contributed by atoms with van der Waals surface area (Å²) in [4.78, 5) is 18.7. The van der Waals surface area contributed by atoms with Gasteiger partial charge in [-0.05, 0) is 51.1 Å². The monoisotopic (exact) mass is 360 g/mol. The molecule has 0 N–H and O–H groups in total. The second-order valence-corrected chi connectivity index (χ2v) is 7.09. The topological polar surface area (TPSA) is 33.2 Å². The van der Waals surface area contributed by atoms with E-state index in [-0.39, 0.29) is 5.91 Å². The minimum atomic E-state index is 0.0101. The minimum absolute atomic E-state index is 0.0101. The summed E-state index contributed by atoms with van der Waals surface area (Å²) in [5.74, 6) is 0.0101. The van der Waals surface area contributed by atoms with E-state index in [1.54, 1.807) is 22.4 Å². The van der Waals surface area contributed by atoms with Crippen molar-refractivity contribution in [3.63, 3.8) is 0 Å². The van der Waals surface area contributed by atoms with E-state index in [1.807, 2.05) is 43.4 Å². The second-order valence-electron chi connectivity index (χ2n) is 4.80. The molecule has 21 heavy (non-hydrogen) atoms. The molecule has 0 atom stereocenters. The molecule has 3 rings (SSSR count). The summed E-state index contributed by atoms with van der Waals surface area (Å²) in [6, 6.07) is 11.5. The van der Waals surface area contributed by atoms with E-state index in [0.29, 0.717) is 12.1 Å². The first-order valence-corrected chi connectivity index (χ1v) is 8.14. The van der Waals surface area contributed by atoms with Gasteiger partial charge < -0.3 is 4.90 Å². The Morgan fingerprint density at radius 2 is 2.19 bits per heavy atom. The van der Waals surface area contributed by atoms with Crippen LogP contribution in [0.15, 0.2) is 51.8 Å². The summed E-state index contributed by atoms with van der Waals surface area (Å²) in [5.41, 5.74) is 2.66. The Hall–Kier alpha value is -1.72. The molecule has 0 bridgehead atoms. The SMILES string of the molecule is CN(Cc1csc(Br)c1)C(=O)c1cccc2ncccc12. The van der Waals surface area contributed by atoms with Crippen LogP contribution < -0.4 is 0 Å². The maximum Gasteiger partial charge on any atom is 0.254 e. The fraction of sp³-hybridized carbons (Fsp3) is 0.125. The van der Waals surface area contributed by atoms with E-state index in [4.69, 9.17) is 0 Å². The summed E-state index contributed by atoms with van der Waals surface area (Å²) in [6.45, 7) is 0.595. The van der Waals surface area contributed by atoms with Crippen molar-refractivity contribution in [1.82, 2.24) is 9.88 Å². The Labute approximate surface area is 135 Å². The van der Waals surface area contributed by atoms with Gasteiger partial charge in [0.25, 0.3) is 5.91 Å². The smallest absolute Gasteiger partial charge is 0.254 e. The predicted octanol–water partition coefficient (Wildman–Crippen LogP) is 4.33. The molecule has 0 spiro atoms. The number of hydrogen-bond donors (Lipinski definition) is 0. The van der Waals surface area contributed by atoms with Crippen LogP contribution in [0.1, 0.15) is 15.9 Å². The zero-order valence-corrected chi connectivity index (χ0v) is 13.8. The van der Waals surface area contributed by atoms with Crippen LogP contribution in [-0.2, 0) is 6.54 Å². The summed E-state index contributed by atoms with van der Waals surface area (Å²) >= 11 is 5.07. The Kier molecular flexibility index (Phi) is 4.03. The third-order valence-electron chi connectivity index (χ3n) is 3.26. The average molecular weight is 361 g/mol. The van der Waals surface area contributed by atoms with Gasteiger partial charge in [-0.1, -0.05) is 12.1 Å². The van der Waals surface area contributed by atoms with Gasteiger partial charge in [0.15, 0.2) is 0 Å². The van der Waals surface area contributed by atoms with Gasteiger partial charge in [0.2, 0.25) is 0 Å². The molecule has 3 aromatic rings. The van der Waals surface area contributed by atoms with Gasteiger partial charge in [-0.15, -0.1) is 11.3 Å². The van der Waals surface area contributed by atoms with Crippen molar-refractivity contribution in [2.75, 3.05) is 7.05 Å². The van der Waals surface area contributed by atoms with Gasteiger partial charge >= 0.3 is 0 Å². The number of pyridine rings is 1. The number of nitrogens with zero attached hydrogens (tertiary/aromatic N) is 2. The highest BCUT2D eigenvalue weighted by Crippen LogP contribution is 2.23. The molecule has 2 aromatic heterocycles. The lowest BCUT2D eigenvalue weighted by Crippen LogP contribution is -2.26.